The van der Waals surface area contributed by atoms with Crippen molar-refractivity contribution in [2.75, 3.05) is 19.7 Å². The Morgan fingerprint density at radius 3 is 2.67 bits per heavy atom. The molecule has 5 heteroatoms. The van der Waals surface area contributed by atoms with Gasteiger partial charge in [0.25, 0.3) is 5.91 Å². The van der Waals surface area contributed by atoms with E-state index in [1.807, 2.05) is 30.3 Å². The molecule has 0 spiro atoms. The van der Waals surface area contributed by atoms with E-state index < -0.39 is 12.1 Å². The first-order valence-corrected chi connectivity index (χ1v) is 8.15. The van der Waals surface area contributed by atoms with Gasteiger partial charge in [0.15, 0.2) is 0 Å². The number of hydrogen-bond donors (Lipinski definition) is 2. The van der Waals surface area contributed by atoms with Gasteiger partial charge < -0.3 is 15.4 Å². The molecule has 1 fully saturated rings. The molecule has 2 aromatic carbocycles. The molecule has 1 amide bonds. The van der Waals surface area contributed by atoms with Crippen LogP contribution in [0.15, 0.2) is 54.6 Å². The van der Waals surface area contributed by atoms with Gasteiger partial charge in [-0.25, -0.2) is 4.39 Å². The predicted molar refractivity (Wildman–Crippen MR) is 90.0 cm³/mol. The molecule has 126 valence electrons. The third-order valence-electron chi connectivity index (χ3n) is 4.10. The Bertz CT molecular complexity index is 672. The first-order valence-electron chi connectivity index (χ1n) is 8.15. The SMILES string of the molecule is O=C(NC(Cc1ccccc1)c1ccccc1F)C1CNCCO1. The predicted octanol–water partition coefficient (Wildman–Crippen LogP) is 2.21. The van der Waals surface area contributed by atoms with E-state index >= 15 is 0 Å². The second-order valence-electron chi connectivity index (χ2n) is 5.84. The molecule has 0 aliphatic carbocycles. The van der Waals surface area contributed by atoms with Crippen molar-refractivity contribution in [3.05, 3.63) is 71.5 Å². The Labute approximate surface area is 141 Å². The van der Waals surface area contributed by atoms with E-state index in [1.165, 1.54) is 6.07 Å². The van der Waals surface area contributed by atoms with E-state index in [0.717, 1.165) is 12.1 Å². The second-order valence-corrected chi connectivity index (χ2v) is 5.84. The molecular weight excluding hydrogens is 307 g/mol. The number of hydrogen-bond acceptors (Lipinski definition) is 3. The van der Waals surface area contributed by atoms with Crippen LogP contribution in [0.3, 0.4) is 0 Å². The Hall–Kier alpha value is -2.24. The highest BCUT2D eigenvalue weighted by Crippen LogP contribution is 2.21. The fraction of sp³-hybridized carbons (Fsp3) is 0.316. The minimum atomic E-state index is -0.538. The normalized spacial score (nSPS) is 18.8. The zero-order valence-electron chi connectivity index (χ0n) is 13.4. The Balaban J connectivity index is 1.79. The highest BCUT2D eigenvalue weighted by molar-refractivity contribution is 5.81. The minimum absolute atomic E-state index is 0.216. The van der Waals surface area contributed by atoms with Crippen LogP contribution in [-0.2, 0) is 16.0 Å². The summed E-state index contributed by atoms with van der Waals surface area (Å²) in [5.41, 5.74) is 1.52. The van der Waals surface area contributed by atoms with Crippen molar-refractivity contribution in [1.82, 2.24) is 10.6 Å². The van der Waals surface area contributed by atoms with Crippen LogP contribution >= 0.6 is 0 Å². The highest BCUT2D eigenvalue weighted by atomic mass is 19.1. The van der Waals surface area contributed by atoms with Crippen molar-refractivity contribution in [3.63, 3.8) is 0 Å². The number of amides is 1. The van der Waals surface area contributed by atoms with E-state index in [-0.39, 0.29) is 11.7 Å². The number of rotatable bonds is 5. The summed E-state index contributed by atoms with van der Waals surface area (Å²) in [6.45, 7) is 1.72. The summed E-state index contributed by atoms with van der Waals surface area (Å²) >= 11 is 0. The third kappa shape index (κ3) is 4.19. The zero-order valence-corrected chi connectivity index (χ0v) is 13.4. The topological polar surface area (TPSA) is 50.4 Å². The van der Waals surface area contributed by atoms with Crippen LogP contribution in [0.1, 0.15) is 17.2 Å². The first-order chi connectivity index (χ1) is 11.7. The molecule has 3 rings (SSSR count). The molecule has 4 nitrogen and oxygen atoms in total. The van der Waals surface area contributed by atoms with Crippen molar-refractivity contribution in [2.45, 2.75) is 18.6 Å². The van der Waals surface area contributed by atoms with Crippen LogP contribution in [0, 0.1) is 5.82 Å². The maximum Gasteiger partial charge on any atom is 0.250 e. The average Bonchev–Trinajstić information content (AvgIpc) is 2.63. The van der Waals surface area contributed by atoms with Crippen molar-refractivity contribution in [3.8, 4) is 0 Å². The molecule has 1 heterocycles. The molecule has 0 bridgehead atoms. The van der Waals surface area contributed by atoms with Gasteiger partial charge >= 0.3 is 0 Å². The number of ether oxygens (including phenoxy) is 1. The van der Waals surface area contributed by atoms with Crippen LogP contribution in [0.2, 0.25) is 0 Å². The summed E-state index contributed by atoms with van der Waals surface area (Å²) in [6, 6.07) is 15.9. The summed E-state index contributed by atoms with van der Waals surface area (Å²) in [5.74, 6) is -0.534. The molecule has 2 N–H and O–H groups in total. The van der Waals surface area contributed by atoms with E-state index in [0.29, 0.717) is 25.1 Å². The van der Waals surface area contributed by atoms with Crippen molar-refractivity contribution in [2.24, 2.45) is 0 Å². The number of nitrogens with one attached hydrogen (secondary N) is 2. The monoisotopic (exact) mass is 328 g/mol. The molecule has 2 unspecified atom stereocenters. The third-order valence-corrected chi connectivity index (χ3v) is 4.10. The molecule has 0 saturated carbocycles. The van der Waals surface area contributed by atoms with Crippen LogP contribution < -0.4 is 10.6 Å². The van der Waals surface area contributed by atoms with E-state index in [2.05, 4.69) is 10.6 Å². The standard InChI is InChI=1S/C19H21FN2O2/c20-16-9-5-4-8-15(16)17(12-14-6-2-1-3-7-14)22-19(23)18-13-21-10-11-24-18/h1-9,17-18,21H,10-13H2,(H,22,23). The van der Waals surface area contributed by atoms with Crippen LogP contribution in [0.4, 0.5) is 4.39 Å². The molecule has 24 heavy (non-hydrogen) atoms. The number of carbonyl (C=O) groups excluding carboxylic acids is 1. The largest absolute Gasteiger partial charge is 0.366 e. The molecule has 1 saturated heterocycles. The molecule has 1 aliphatic rings. The maximum absolute atomic E-state index is 14.2. The molecule has 1 aliphatic heterocycles. The van der Waals surface area contributed by atoms with Crippen molar-refractivity contribution in [1.29, 1.82) is 0 Å². The van der Waals surface area contributed by atoms with Gasteiger partial charge in [0.2, 0.25) is 0 Å². The Morgan fingerprint density at radius 2 is 1.96 bits per heavy atom. The van der Waals surface area contributed by atoms with E-state index in [1.54, 1.807) is 18.2 Å². The van der Waals surface area contributed by atoms with Gasteiger partial charge in [-0.3, -0.25) is 4.79 Å². The lowest BCUT2D eigenvalue weighted by Crippen LogP contribution is -2.48. The quantitative estimate of drug-likeness (QED) is 0.885. The first kappa shape index (κ1) is 16.6. The summed E-state index contributed by atoms with van der Waals surface area (Å²) in [5, 5.41) is 6.08. The van der Waals surface area contributed by atoms with Crippen molar-refractivity contribution >= 4 is 5.91 Å². The lowest BCUT2D eigenvalue weighted by Gasteiger charge is -2.26. The van der Waals surface area contributed by atoms with Crippen LogP contribution in [0.25, 0.3) is 0 Å². The van der Waals surface area contributed by atoms with Crippen molar-refractivity contribution < 1.29 is 13.9 Å². The van der Waals surface area contributed by atoms with E-state index in [4.69, 9.17) is 4.74 Å². The van der Waals surface area contributed by atoms with Gasteiger partial charge in [0, 0.05) is 18.7 Å². The molecule has 2 atom stereocenters. The van der Waals surface area contributed by atoms with Gasteiger partial charge in [0.05, 0.1) is 12.6 Å². The smallest absolute Gasteiger partial charge is 0.250 e. The number of carbonyl (C=O) groups is 1. The second kappa shape index (κ2) is 8.04. The fourth-order valence-electron chi connectivity index (χ4n) is 2.84. The highest BCUT2D eigenvalue weighted by Gasteiger charge is 2.26. The van der Waals surface area contributed by atoms with Gasteiger partial charge in [-0.1, -0.05) is 48.5 Å². The Kier molecular flexibility index (Phi) is 5.56. The van der Waals surface area contributed by atoms with Gasteiger partial charge in [-0.15, -0.1) is 0 Å². The fourth-order valence-corrected chi connectivity index (χ4v) is 2.84. The lowest BCUT2D eigenvalue weighted by atomic mass is 9.98. The van der Waals surface area contributed by atoms with Gasteiger partial charge in [0.1, 0.15) is 11.9 Å². The minimum Gasteiger partial charge on any atom is -0.366 e. The molecule has 0 aromatic heterocycles. The Morgan fingerprint density at radius 1 is 1.21 bits per heavy atom. The molecule has 0 radical (unpaired) electrons. The number of halogens is 1. The number of morpholine rings is 1. The van der Waals surface area contributed by atoms with E-state index in [9.17, 15) is 9.18 Å². The average molecular weight is 328 g/mol. The molecule has 2 aromatic rings. The molecular formula is C19H21FN2O2. The zero-order chi connectivity index (χ0) is 16.8. The summed E-state index contributed by atoms with van der Waals surface area (Å²) in [6.07, 6.45) is -0.0167. The van der Waals surface area contributed by atoms with Gasteiger partial charge in [-0.05, 0) is 18.1 Å². The summed E-state index contributed by atoms with van der Waals surface area (Å²) < 4.78 is 19.7. The summed E-state index contributed by atoms with van der Waals surface area (Å²) in [7, 11) is 0. The maximum atomic E-state index is 14.2. The lowest BCUT2D eigenvalue weighted by molar-refractivity contribution is -0.135. The summed E-state index contributed by atoms with van der Waals surface area (Å²) in [4.78, 5) is 12.5. The van der Waals surface area contributed by atoms with Gasteiger partial charge in [-0.2, -0.15) is 0 Å². The van der Waals surface area contributed by atoms with Crippen LogP contribution in [-0.4, -0.2) is 31.7 Å². The number of benzene rings is 2. The van der Waals surface area contributed by atoms with Crippen LogP contribution in [0.5, 0.6) is 0 Å².